The molecule has 0 radical (unpaired) electrons. The molecule has 0 saturated carbocycles. The van der Waals surface area contributed by atoms with Gasteiger partial charge in [0.15, 0.2) is 5.69 Å². The summed E-state index contributed by atoms with van der Waals surface area (Å²) in [6.07, 6.45) is 0. The fourth-order valence-corrected chi connectivity index (χ4v) is 1.56. The van der Waals surface area contributed by atoms with E-state index in [4.69, 9.17) is 10.8 Å². The van der Waals surface area contributed by atoms with Crippen LogP contribution in [0.4, 0.5) is 15.9 Å². The van der Waals surface area contributed by atoms with Crippen molar-refractivity contribution in [3.63, 3.8) is 0 Å². The van der Waals surface area contributed by atoms with Crippen LogP contribution in [0.3, 0.4) is 0 Å². The molecule has 2 rings (SSSR count). The van der Waals surface area contributed by atoms with Crippen molar-refractivity contribution < 1.29 is 14.3 Å². The van der Waals surface area contributed by atoms with Gasteiger partial charge in [0.2, 0.25) is 0 Å². The van der Waals surface area contributed by atoms with Gasteiger partial charge in [0.25, 0.3) is 0 Å². The Balaban J connectivity index is 2.15. The molecular formula is C13H12FN3O2. The number of halogens is 1. The number of aromatic nitrogens is 1. The van der Waals surface area contributed by atoms with Crippen molar-refractivity contribution in [1.82, 2.24) is 4.98 Å². The van der Waals surface area contributed by atoms with Gasteiger partial charge < -0.3 is 16.2 Å². The number of rotatable bonds is 4. The lowest BCUT2D eigenvalue weighted by molar-refractivity contribution is 0.0690. The highest BCUT2D eigenvalue weighted by Gasteiger charge is 2.08. The number of aromatic carboxylic acids is 1. The summed E-state index contributed by atoms with van der Waals surface area (Å²) in [5, 5.41) is 11.7. The third-order valence-corrected chi connectivity index (χ3v) is 2.49. The quantitative estimate of drug-likeness (QED) is 0.784. The Labute approximate surface area is 108 Å². The van der Waals surface area contributed by atoms with E-state index in [1.807, 2.05) is 0 Å². The van der Waals surface area contributed by atoms with Crippen LogP contribution in [-0.2, 0) is 6.54 Å². The van der Waals surface area contributed by atoms with E-state index in [1.165, 1.54) is 24.3 Å². The molecule has 1 heterocycles. The lowest BCUT2D eigenvalue weighted by Gasteiger charge is -2.09. The van der Waals surface area contributed by atoms with Crippen molar-refractivity contribution in [2.75, 3.05) is 11.1 Å². The van der Waals surface area contributed by atoms with Crippen molar-refractivity contribution in [2.45, 2.75) is 6.54 Å². The second-order valence-corrected chi connectivity index (χ2v) is 3.92. The number of hydrogen-bond donors (Lipinski definition) is 3. The van der Waals surface area contributed by atoms with Crippen LogP contribution in [0.2, 0.25) is 0 Å². The van der Waals surface area contributed by atoms with Gasteiger partial charge in [-0.05, 0) is 29.8 Å². The second kappa shape index (κ2) is 5.34. The first-order chi connectivity index (χ1) is 9.06. The van der Waals surface area contributed by atoms with E-state index in [-0.39, 0.29) is 17.3 Å². The average Bonchev–Trinajstić information content (AvgIpc) is 2.37. The van der Waals surface area contributed by atoms with Crippen LogP contribution < -0.4 is 11.1 Å². The van der Waals surface area contributed by atoms with Gasteiger partial charge in [-0.1, -0.05) is 12.1 Å². The molecule has 98 valence electrons. The highest BCUT2D eigenvalue weighted by molar-refractivity contribution is 5.86. The number of benzene rings is 1. The Morgan fingerprint density at radius 3 is 2.84 bits per heavy atom. The Morgan fingerprint density at radius 2 is 2.16 bits per heavy atom. The highest BCUT2D eigenvalue weighted by Crippen LogP contribution is 2.17. The summed E-state index contributed by atoms with van der Waals surface area (Å²) >= 11 is 0. The Morgan fingerprint density at radius 1 is 1.37 bits per heavy atom. The lowest BCUT2D eigenvalue weighted by atomic mass is 10.2. The number of carboxylic acid groups (broad SMARTS) is 1. The summed E-state index contributed by atoms with van der Waals surface area (Å²) in [5.74, 6) is -1.20. The van der Waals surface area contributed by atoms with E-state index in [0.29, 0.717) is 17.8 Å². The number of nitrogens with zero attached hydrogens (tertiary/aromatic N) is 1. The van der Waals surface area contributed by atoms with E-state index in [1.54, 1.807) is 12.1 Å². The molecule has 0 fully saturated rings. The first-order valence-electron chi connectivity index (χ1n) is 5.54. The first kappa shape index (κ1) is 12.8. The topological polar surface area (TPSA) is 88.2 Å². The van der Waals surface area contributed by atoms with Crippen LogP contribution in [0, 0.1) is 5.82 Å². The monoisotopic (exact) mass is 261 g/mol. The molecule has 4 N–H and O–H groups in total. The van der Waals surface area contributed by atoms with Gasteiger partial charge in [0.1, 0.15) is 11.6 Å². The van der Waals surface area contributed by atoms with Gasteiger partial charge in [-0.2, -0.15) is 0 Å². The minimum absolute atomic E-state index is 0.101. The molecule has 0 amide bonds. The Hall–Kier alpha value is -2.63. The smallest absolute Gasteiger partial charge is 0.354 e. The van der Waals surface area contributed by atoms with Crippen molar-refractivity contribution in [1.29, 1.82) is 0 Å². The zero-order valence-corrected chi connectivity index (χ0v) is 9.93. The molecule has 0 aliphatic carbocycles. The molecule has 19 heavy (non-hydrogen) atoms. The van der Waals surface area contributed by atoms with Gasteiger partial charge in [-0.3, -0.25) is 0 Å². The number of carbonyl (C=O) groups is 1. The molecule has 0 spiro atoms. The van der Waals surface area contributed by atoms with Gasteiger partial charge in [-0.25, -0.2) is 14.2 Å². The predicted octanol–water partition coefficient (Wildman–Crippen LogP) is 2.11. The van der Waals surface area contributed by atoms with E-state index in [0.717, 1.165) is 0 Å². The number of nitrogens with one attached hydrogen (secondary N) is 1. The van der Waals surface area contributed by atoms with Crippen LogP contribution in [0.25, 0.3) is 0 Å². The lowest BCUT2D eigenvalue weighted by Crippen LogP contribution is -2.08. The van der Waals surface area contributed by atoms with E-state index < -0.39 is 5.97 Å². The standard InChI is InChI=1S/C13H12FN3O2/c14-9-3-1-2-8(6-9)7-16-12-10(15)4-5-11(17-12)13(18)19/h1-6H,7,15H2,(H,16,17)(H,18,19). The molecule has 0 atom stereocenters. The van der Waals surface area contributed by atoms with Gasteiger partial charge in [0, 0.05) is 6.54 Å². The van der Waals surface area contributed by atoms with Crippen molar-refractivity contribution in [2.24, 2.45) is 0 Å². The van der Waals surface area contributed by atoms with E-state index in [2.05, 4.69) is 10.3 Å². The Kier molecular flexibility index (Phi) is 3.61. The first-order valence-corrected chi connectivity index (χ1v) is 5.54. The number of anilines is 2. The molecule has 6 heteroatoms. The van der Waals surface area contributed by atoms with Crippen LogP contribution in [0.5, 0.6) is 0 Å². The third kappa shape index (κ3) is 3.19. The highest BCUT2D eigenvalue weighted by atomic mass is 19.1. The zero-order valence-electron chi connectivity index (χ0n) is 9.93. The molecule has 0 saturated heterocycles. The number of nitrogens with two attached hydrogens (primary N) is 1. The fraction of sp³-hybridized carbons (Fsp3) is 0.0769. The SMILES string of the molecule is Nc1ccc(C(=O)O)nc1NCc1cccc(F)c1. The number of hydrogen-bond acceptors (Lipinski definition) is 4. The van der Waals surface area contributed by atoms with E-state index in [9.17, 15) is 9.18 Å². The second-order valence-electron chi connectivity index (χ2n) is 3.92. The molecule has 1 aromatic heterocycles. The average molecular weight is 261 g/mol. The largest absolute Gasteiger partial charge is 0.477 e. The summed E-state index contributed by atoms with van der Waals surface area (Å²) < 4.78 is 13.0. The summed E-state index contributed by atoms with van der Waals surface area (Å²) in [4.78, 5) is 14.7. The maximum absolute atomic E-state index is 13.0. The number of pyridine rings is 1. The Bertz CT molecular complexity index is 617. The maximum Gasteiger partial charge on any atom is 0.354 e. The van der Waals surface area contributed by atoms with Crippen molar-refractivity contribution in [3.8, 4) is 0 Å². The molecular weight excluding hydrogens is 249 g/mol. The van der Waals surface area contributed by atoms with Crippen LogP contribution in [0.15, 0.2) is 36.4 Å². The summed E-state index contributed by atoms with van der Waals surface area (Å²) in [6, 6.07) is 8.85. The molecule has 0 bridgehead atoms. The molecule has 1 aromatic carbocycles. The minimum atomic E-state index is -1.13. The summed E-state index contributed by atoms with van der Waals surface area (Å²) in [7, 11) is 0. The van der Waals surface area contributed by atoms with E-state index >= 15 is 0 Å². The normalized spacial score (nSPS) is 10.2. The summed E-state index contributed by atoms with van der Waals surface area (Å²) in [6.45, 7) is 0.304. The molecule has 0 unspecified atom stereocenters. The molecule has 2 aromatic rings. The molecule has 0 aliphatic heterocycles. The van der Waals surface area contributed by atoms with Crippen LogP contribution >= 0.6 is 0 Å². The van der Waals surface area contributed by atoms with Crippen LogP contribution in [-0.4, -0.2) is 16.1 Å². The van der Waals surface area contributed by atoms with Crippen molar-refractivity contribution >= 4 is 17.5 Å². The minimum Gasteiger partial charge on any atom is -0.477 e. The van der Waals surface area contributed by atoms with Gasteiger partial charge in [0.05, 0.1) is 5.69 Å². The zero-order chi connectivity index (χ0) is 13.8. The number of carboxylic acids is 1. The van der Waals surface area contributed by atoms with Crippen molar-refractivity contribution in [3.05, 3.63) is 53.5 Å². The van der Waals surface area contributed by atoms with Gasteiger partial charge in [-0.15, -0.1) is 0 Å². The predicted molar refractivity (Wildman–Crippen MR) is 69.3 cm³/mol. The van der Waals surface area contributed by atoms with Crippen LogP contribution in [0.1, 0.15) is 16.1 Å². The molecule has 5 nitrogen and oxygen atoms in total. The molecule has 0 aliphatic rings. The third-order valence-electron chi connectivity index (χ3n) is 2.49. The fourth-order valence-electron chi connectivity index (χ4n) is 1.56. The van der Waals surface area contributed by atoms with Gasteiger partial charge >= 0.3 is 5.97 Å². The number of nitrogen functional groups attached to an aromatic ring is 1. The maximum atomic E-state index is 13.0. The summed E-state index contributed by atoms with van der Waals surface area (Å²) in [5.41, 5.74) is 6.64.